The first-order valence-corrected chi connectivity index (χ1v) is 6.06. The third-order valence-corrected chi connectivity index (χ3v) is 3.74. The molecule has 0 heterocycles. The van der Waals surface area contributed by atoms with Gasteiger partial charge < -0.3 is 4.74 Å². The van der Waals surface area contributed by atoms with Crippen LogP contribution in [-0.4, -0.2) is 18.2 Å². The van der Waals surface area contributed by atoms with Gasteiger partial charge in [-0.25, -0.2) is 5.43 Å². The Morgan fingerprint density at radius 2 is 1.94 bits per heavy atom. The molecule has 1 saturated carbocycles. The number of hydrogen-bond donors (Lipinski definition) is 2. The average molecular weight is 224 g/mol. The summed E-state index contributed by atoms with van der Waals surface area (Å²) in [4.78, 5) is 0. The first kappa shape index (κ1) is 13.5. The van der Waals surface area contributed by atoms with Crippen LogP contribution in [0.3, 0.4) is 0 Å². The summed E-state index contributed by atoms with van der Waals surface area (Å²) in [6.45, 7) is 7.28. The lowest BCUT2D eigenvalue weighted by atomic mass is 9.68. The van der Waals surface area contributed by atoms with E-state index in [2.05, 4.69) is 25.2 Å². The van der Waals surface area contributed by atoms with Crippen molar-refractivity contribution in [3.8, 4) is 12.3 Å². The first-order valence-electron chi connectivity index (χ1n) is 6.06. The van der Waals surface area contributed by atoms with Crippen molar-refractivity contribution in [2.75, 3.05) is 6.61 Å². The Hall–Kier alpha value is -0.560. The number of terminal acetylenes is 1. The molecule has 0 aromatic carbocycles. The standard InChI is InChI=1S/C13H24N2O/c1-5-11(15-14)13(16-6-2)9-7-12(3,4)8-10-13/h1,11,15H,6-10,14H2,2-4H3. The molecule has 0 saturated heterocycles. The lowest BCUT2D eigenvalue weighted by molar-refractivity contribution is -0.0948. The number of hydrazine groups is 1. The lowest BCUT2D eigenvalue weighted by Crippen LogP contribution is -2.56. The first-order chi connectivity index (χ1) is 7.49. The molecule has 3 heteroatoms. The molecule has 0 amide bonds. The molecule has 16 heavy (non-hydrogen) atoms. The highest BCUT2D eigenvalue weighted by molar-refractivity contribution is 5.11. The fourth-order valence-corrected chi connectivity index (χ4v) is 2.51. The number of nitrogens with one attached hydrogen (secondary N) is 1. The van der Waals surface area contributed by atoms with E-state index in [1.165, 1.54) is 0 Å². The van der Waals surface area contributed by atoms with E-state index in [1.807, 2.05) is 6.92 Å². The summed E-state index contributed by atoms with van der Waals surface area (Å²) < 4.78 is 5.92. The van der Waals surface area contributed by atoms with Crippen LogP contribution in [0.15, 0.2) is 0 Å². The van der Waals surface area contributed by atoms with Crippen LogP contribution < -0.4 is 11.3 Å². The van der Waals surface area contributed by atoms with Crippen molar-refractivity contribution in [1.82, 2.24) is 5.43 Å². The minimum absolute atomic E-state index is 0.191. The molecule has 1 aliphatic carbocycles. The average Bonchev–Trinajstić information content (AvgIpc) is 2.24. The molecule has 0 aromatic heterocycles. The van der Waals surface area contributed by atoms with Crippen molar-refractivity contribution in [1.29, 1.82) is 0 Å². The highest BCUT2D eigenvalue weighted by Crippen LogP contribution is 2.43. The predicted octanol–water partition coefficient (Wildman–Crippen LogP) is 1.83. The lowest BCUT2D eigenvalue weighted by Gasteiger charge is -2.45. The van der Waals surface area contributed by atoms with Crippen molar-refractivity contribution in [2.45, 2.75) is 58.1 Å². The Morgan fingerprint density at radius 3 is 2.31 bits per heavy atom. The van der Waals surface area contributed by atoms with Gasteiger partial charge in [0.15, 0.2) is 0 Å². The van der Waals surface area contributed by atoms with E-state index in [-0.39, 0.29) is 11.6 Å². The minimum atomic E-state index is -0.270. The van der Waals surface area contributed by atoms with Crippen LogP contribution >= 0.6 is 0 Å². The zero-order valence-electron chi connectivity index (χ0n) is 10.7. The summed E-state index contributed by atoms with van der Waals surface area (Å²) in [5.41, 5.74) is 2.84. The van der Waals surface area contributed by atoms with Gasteiger partial charge in [-0.3, -0.25) is 5.84 Å². The summed E-state index contributed by atoms with van der Waals surface area (Å²) in [6, 6.07) is -0.191. The monoisotopic (exact) mass is 224 g/mol. The molecule has 0 bridgehead atoms. The molecule has 1 atom stereocenters. The van der Waals surface area contributed by atoms with E-state index in [9.17, 15) is 0 Å². The van der Waals surface area contributed by atoms with Crippen LogP contribution in [0.25, 0.3) is 0 Å². The van der Waals surface area contributed by atoms with Crippen molar-refractivity contribution in [2.24, 2.45) is 11.3 Å². The SMILES string of the molecule is C#CC(NN)C1(OCC)CCC(C)(C)CC1. The van der Waals surface area contributed by atoms with Gasteiger partial charge in [-0.2, -0.15) is 0 Å². The summed E-state index contributed by atoms with van der Waals surface area (Å²) >= 11 is 0. The van der Waals surface area contributed by atoms with Crippen LogP contribution in [0.5, 0.6) is 0 Å². The Morgan fingerprint density at radius 1 is 1.38 bits per heavy atom. The summed E-state index contributed by atoms with van der Waals surface area (Å²) in [6.07, 6.45) is 9.75. The molecule has 3 nitrogen and oxygen atoms in total. The van der Waals surface area contributed by atoms with E-state index in [0.29, 0.717) is 12.0 Å². The minimum Gasteiger partial charge on any atom is -0.373 e. The third kappa shape index (κ3) is 2.76. The Kier molecular flexibility index (Phi) is 4.37. The number of nitrogens with two attached hydrogens (primary N) is 1. The predicted molar refractivity (Wildman–Crippen MR) is 66.6 cm³/mol. The summed E-state index contributed by atoms with van der Waals surface area (Å²) in [5.74, 6) is 8.24. The largest absolute Gasteiger partial charge is 0.373 e. The Bertz CT molecular complexity index is 258. The molecule has 0 aromatic rings. The van der Waals surface area contributed by atoms with Crippen LogP contribution in [0.2, 0.25) is 0 Å². The second-order valence-corrected chi connectivity index (χ2v) is 5.43. The fraction of sp³-hybridized carbons (Fsp3) is 0.846. The Balaban J connectivity index is 2.80. The van der Waals surface area contributed by atoms with Crippen LogP contribution in [-0.2, 0) is 4.74 Å². The van der Waals surface area contributed by atoms with Gasteiger partial charge in [0.05, 0.1) is 5.60 Å². The van der Waals surface area contributed by atoms with Gasteiger partial charge in [0.1, 0.15) is 6.04 Å². The molecule has 0 radical (unpaired) electrons. The number of rotatable bonds is 4. The highest BCUT2D eigenvalue weighted by atomic mass is 16.5. The van der Waals surface area contributed by atoms with E-state index >= 15 is 0 Å². The third-order valence-electron chi connectivity index (χ3n) is 3.74. The molecule has 1 aliphatic rings. The molecule has 0 spiro atoms. The van der Waals surface area contributed by atoms with Gasteiger partial charge in [-0.15, -0.1) is 6.42 Å². The molecular weight excluding hydrogens is 200 g/mol. The van der Waals surface area contributed by atoms with Crippen LogP contribution in [0.1, 0.15) is 46.5 Å². The summed E-state index contributed by atoms with van der Waals surface area (Å²) in [7, 11) is 0. The molecular formula is C13H24N2O. The quantitative estimate of drug-likeness (QED) is 0.435. The van der Waals surface area contributed by atoms with Crippen molar-refractivity contribution in [3.05, 3.63) is 0 Å². The smallest absolute Gasteiger partial charge is 0.110 e. The van der Waals surface area contributed by atoms with Crippen LogP contribution in [0.4, 0.5) is 0 Å². The van der Waals surface area contributed by atoms with Gasteiger partial charge in [-0.1, -0.05) is 19.8 Å². The molecule has 1 rings (SSSR count). The fourth-order valence-electron chi connectivity index (χ4n) is 2.51. The Labute approximate surface area is 99.1 Å². The molecule has 1 fully saturated rings. The van der Waals surface area contributed by atoms with Gasteiger partial charge in [0.25, 0.3) is 0 Å². The zero-order valence-corrected chi connectivity index (χ0v) is 10.7. The topological polar surface area (TPSA) is 47.3 Å². The van der Waals surface area contributed by atoms with Gasteiger partial charge in [0.2, 0.25) is 0 Å². The van der Waals surface area contributed by atoms with Crippen molar-refractivity contribution < 1.29 is 4.74 Å². The zero-order chi connectivity index (χ0) is 12.2. The second-order valence-electron chi connectivity index (χ2n) is 5.43. The molecule has 3 N–H and O–H groups in total. The maximum absolute atomic E-state index is 5.92. The molecule has 0 aliphatic heterocycles. The summed E-state index contributed by atoms with van der Waals surface area (Å²) in [5, 5.41) is 0. The van der Waals surface area contributed by atoms with E-state index in [4.69, 9.17) is 17.0 Å². The van der Waals surface area contributed by atoms with Crippen molar-refractivity contribution >= 4 is 0 Å². The van der Waals surface area contributed by atoms with Gasteiger partial charge in [-0.05, 0) is 38.0 Å². The van der Waals surface area contributed by atoms with Gasteiger partial charge in [0, 0.05) is 6.61 Å². The van der Waals surface area contributed by atoms with E-state index in [0.717, 1.165) is 25.7 Å². The van der Waals surface area contributed by atoms with Gasteiger partial charge >= 0.3 is 0 Å². The maximum atomic E-state index is 5.92. The highest BCUT2D eigenvalue weighted by Gasteiger charge is 2.43. The normalized spacial score (nSPS) is 24.7. The van der Waals surface area contributed by atoms with Crippen LogP contribution in [0, 0.1) is 17.8 Å². The number of ether oxygens (including phenoxy) is 1. The van der Waals surface area contributed by atoms with E-state index in [1.54, 1.807) is 0 Å². The number of hydrogen-bond acceptors (Lipinski definition) is 3. The molecule has 92 valence electrons. The molecule has 1 unspecified atom stereocenters. The maximum Gasteiger partial charge on any atom is 0.110 e. The van der Waals surface area contributed by atoms with Crippen molar-refractivity contribution in [3.63, 3.8) is 0 Å². The van der Waals surface area contributed by atoms with E-state index < -0.39 is 0 Å². The second kappa shape index (κ2) is 5.18.